The van der Waals surface area contributed by atoms with Gasteiger partial charge in [0, 0.05) is 37.0 Å². The molecule has 1 aliphatic rings. The summed E-state index contributed by atoms with van der Waals surface area (Å²) in [5, 5.41) is 0. The highest BCUT2D eigenvalue weighted by Crippen LogP contribution is 2.35. The molecule has 2 heterocycles. The lowest BCUT2D eigenvalue weighted by atomic mass is 9.91. The first-order chi connectivity index (χ1) is 14.7. The molecule has 1 aliphatic heterocycles. The number of nitrogens with zero attached hydrogens (tertiary/aromatic N) is 3. The van der Waals surface area contributed by atoms with E-state index in [1.54, 1.807) is 31.6 Å². The zero-order valence-corrected chi connectivity index (χ0v) is 17.1. The maximum Gasteiger partial charge on any atom is 0.128 e. The van der Waals surface area contributed by atoms with Gasteiger partial charge in [-0.15, -0.1) is 0 Å². The molecule has 30 heavy (non-hydrogen) atoms. The van der Waals surface area contributed by atoms with Crippen molar-refractivity contribution in [3.63, 3.8) is 0 Å². The van der Waals surface area contributed by atoms with Crippen LogP contribution in [0.4, 0.5) is 4.39 Å². The Morgan fingerprint density at radius 2 is 1.87 bits per heavy atom. The molecule has 0 spiro atoms. The summed E-state index contributed by atoms with van der Waals surface area (Å²) in [6.07, 6.45) is 5.69. The van der Waals surface area contributed by atoms with Crippen LogP contribution in [0.1, 0.15) is 24.5 Å². The number of likely N-dealkylation sites (tertiary alicyclic amines) is 1. The highest BCUT2D eigenvalue weighted by atomic mass is 19.1. The standard InChI is InChI=1S/C24H26FN3O2/c1-29-22-7-3-2-6-21(22)24-23(26-12-13-27-24)18-5-4-14-28(17-18)15-16-30-20-10-8-19(25)9-11-20/h2-3,6-13,18H,4-5,14-17H2,1H3/t18-/m0/s1. The second kappa shape index (κ2) is 9.67. The Labute approximate surface area is 176 Å². The van der Waals surface area contributed by atoms with Crippen molar-refractivity contribution in [2.24, 2.45) is 0 Å². The van der Waals surface area contributed by atoms with E-state index >= 15 is 0 Å². The minimum atomic E-state index is -0.254. The van der Waals surface area contributed by atoms with Crippen molar-refractivity contribution in [3.05, 3.63) is 72.4 Å². The Hall–Kier alpha value is -2.99. The molecule has 0 aliphatic carbocycles. The summed E-state index contributed by atoms with van der Waals surface area (Å²) in [5.74, 6) is 1.55. The molecule has 0 saturated carbocycles. The smallest absolute Gasteiger partial charge is 0.128 e. The van der Waals surface area contributed by atoms with Crippen LogP contribution in [0.3, 0.4) is 0 Å². The van der Waals surface area contributed by atoms with E-state index in [-0.39, 0.29) is 5.82 Å². The van der Waals surface area contributed by atoms with E-state index < -0.39 is 0 Å². The van der Waals surface area contributed by atoms with Gasteiger partial charge in [-0.25, -0.2) is 4.39 Å². The Bertz CT molecular complexity index is 965. The van der Waals surface area contributed by atoms with Gasteiger partial charge in [-0.3, -0.25) is 14.9 Å². The van der Waals surface area contributed by atoms with Crippen molar-refractivity contribution >= 4 is 0 Å². The average molecular weight is 407 g/mol. The highest BCUT2D eigenvalue weighted by molar-refractivity contribution is 5.69. The lowest BCUT2D eigenvalue weighted by Gasteiger charge is -2.33. The normalized spacial score (nSPS) is 16.9. The van der Waals surface area contributed by atoms with E-state index in [0.717, 1.165) is 55.2 Å². The zero-order chi connectivity index (χ0) is 20.8. The van der Waals surface area contributed by atoms with Crippen LogP contribution in [-0.2, 0) is 0 Å². The maximum absolute atomic E-state index is 13.0. The molecule has 0 N–H and O–H groups in total. The molecule has 1 aromatic heterocycles. The van der Waals surface area contributed by atoms with Gasteiger partial charge in [0.15, 0.2) is 0 Å². The molecular weight excluding hydrogens is 381 g/mol. The first-order valence-corrected chi connectivity index (χ1v) is 10.3. The van der Waals surface area contributed by atoms with Crippen molar-refractivity contribution in [1.82, 2.24) is 14.9 Å². The summed E-state index contributed by atoms with van der Waals surface area (Å²) in [4.78, 5) is 11.8. The van der Waals surface area contributed by atoms with Crippen molar-refractivity contribution in [2.45, 2.75) is 18.8 Å². The molecule has 2 aromatic carbocycles. The summed E-state index contributed by atoms with van der Waals surface area (Å²) < 4.78 is 24.3. The third kappa shape index (κ3) is 4.76. The van der Waals surface area contributed by atoms with Gasteiger partial charge in [-0.2, -0.15) is 0 Å². The molecule has 3 aromatic rings. The van der Waals surface area contributed by atoms with E-state index in [1.165, 1.54) is 12.1 Å². The molecule has 0 amide bonds. The number of piperidine rings is 1. The Balaban J connectivity index is 1.44. The largest absolute Gasteiger partial charge is 0.496 e. The molecule has 0 bridgehead atoms. The van der Waals surface area contributed by atoms with E-state index in [0.29, 0.717) is 18.3 Å². The maximum atomic E-state index is 13.0. The Kier molecular flexibility index (Phi) is 6.54. The summed E-state index contributed by atoms with van der Waals surface area (Å²) in [7, 11) is 1.68. The monoisotopic (exact) mass is 407 g/mol. The number of halogens is 1. The first-order valence-electron chi connectivity index (χ1n) is 10.3. The second-order valence-corrected chi connectivity index (χ2v) is 7.43. The van der Waals surface area contributed by atoms with Gasteiger partial charge < -0.3 is 9.47 Å². The third-order valence-corrected chi connectivity index (χ3v) is 5.47. The molecule has 1 saturated heterocycles. The van der Waals surface area contributed by atoms with Gasteiger partial charge in [0.05, 0.1) is 18.5 Å². The van der Waals surface area contributed by atoms with Gasteiger partial charge in [0.1, 0.15) is 23.9 Å². The predicted octanol–water partition coefficient (Wildman–Crippen LogP) is 4.55. The number of rotatable bonds is 7. The number of ether oxygens (including phenoxy) is 2. The summed E-state index contributed by atoms with van der Waals surface area (Å²) in [6, 6.07) is 14.1. The topological polar surface area (TPSA) is 47.5 Å². The number of benzene rings is 2. The number of methoxy groups -OCH3 is 1. The third-order valence-electron chi connectivity index (χ3n) is 5.47. The van der Waals surface area contributed by atoms with Crippen LogP contribution in [0.25, 0.3) is 11.3 Å². The molecular formula is C24H26FN3O2. The van der Waals surface area contributed by atoms with E-state index in [2.05, 4.69) is 9.88 Å². The summed E-state index contributed by atoms with van der Waals surface area (Å²) in [6.45, 7) is 3.33. The lowest BCUT2D eigenvalue weighted by Crippen LogP contribution is -2.37. The van der Waals surface area contributed by atoms with Gasteiger partial charge >= 0.3 is 0 Å². The van der Waals surface area contributed by atoms with E-state index in [4.69, 9.17) is 14.5 Å². The second-order valence-electron chi connectivity index (χ2n) is 7.43. The van der Waals surface area contributed by atoms with Crippen LogP contribution in [-0.4, -0.2) is 48.2 Å². The molecule has 156 valence electrons. The van der Waals surface area contributed by atoms with Crippen LogP contribution >= 0.6 is 0 Å². The number of hydrogen-bond acceptors (Lipinski definition) is 5. The molecule has 5 nitrogen and oxygen atoms in total. The van der Waals surface area contributed by atoms with Gasteiger partial charge in [-0.1, -0.05) is 12.1 Å². The fourth-order valence-electron chi connectivity index (χ4n) is 4.00. The van der Waals surface area contributed by atoms with Crippen LogP contribution in [0.5, 0.6) is 11.5 Å². The molecule has 0 unspecified atom stereocenters. The van der Waals surface area contributed by atoms with Gasteiger partial charge in [-0.05, 0) is 55.8 Å². The van der Waals surface area contributed by atoms with Crippen molar-refractivity contribution in [2.75, 3.05) is 33.4 Å². The van der Waals surface area contributed by atoms with Gasteiger partial charge in [0.25, 0.3) is 0 Å². The minimum Gasteiger partial charge on any atom is -0.496 e. The van der Waals surface area contributed by atoms with Crippen LogP contribution in [0.15, 0.2) is 60.9 Å². The number of hydrogen-bond donors (Lipinski definition) is 0. The highest BCUT2D eigenvalue weighted by Gasteiger charge is 2.26. The van der Waals surface area contributed by atoms with Crippen LogP contribution in [0.2, 0.25) is 0 Å². The zero-order valence-electron chi connectivity index (χ0n) is 17.1. The SMILES string of the molecule is COc1ccccc1-c1nccnc1[C@H]1CCCN(CCOc2ccc(F)cc2)C1. The van der Waals surface area contributed by atoms with Crippen molar-refractivity contribution in [1.29, 1.82) is 0 Å². The summed E-state index contributed by atoms with van der Waals surface area (Å²) in [5.41, 5.74) is 2.88. The average Bonchev–Trinajstić information content (AvgIpc) is 2.80. The summed E-state index contributed by atoms with van der Waals surface area (Å²) >= 11 is 0. The Morgan fingerprint density at radius 1 is 1.07 bits per heavy atom. The van der Waals surface area contributed by atoms with Gasteiger partial charge in [0.2, 0.25) is 0 Å². The first kappa shape index (κ1) is 20.3. The fraction of sp³-hybridized carbons (Fsp3) is 0.333. The van der Waals surface area contributed by atoms with E-state index in [9.17, 15) is 4.39 Å². The molecule has 1 atom stereocenters. The molecule has 0 radical (unpaired) electrons. The molecule has 1 fully saturated rings. The lowest BCUT2D eigenvalue weighted by molar-refractivity contribution is 0.169. The minimum absolute atomic E-state index is 0.254. The molecule has 4 rings (SSSR count). The molecule has 6 heteroatoms. The fourth-order valence-corrected chi connectivity index (χ4v) is 4.00. The van der Waals surface area contributed by atoms with Crippen molar-refractivity contribution in [3.8, 4) is 22.8 Å². The van der Waals surface area contributed by atoms with Crippen molar-refractivity contribution < 1.29 is 13.9 Å². The number of aromatic nitrogens is 2. The van der Waals surface area contributed by atoms with Crippen LogP contribution in [0, 0.1) is 5.82 Å². The Morgan fingerprint density at radius 3 is 2.70 bits per heavy atom. The quantitative estimate of drug-likeness (QED) is 0.575. The predicted molar refractivity (Wildman–Crippen MR) is 114 cm³/mol. The number of para-hydroxylation sites is 1. The van der Waals surface area contributed by atoms with Crippen LogP contribution < -0.4 is 9.47 Å². The van der Waals surface area contributed by atoms with E-state index in [1.807, 2.05) is 24.3 Å².